The standard InChI is InChI=1S/C60H63N9O12/c1-34(64-54(71)16-10-9-15-53(70)61-19-20-67-55(72)17-18-56(67)73)57(74)65-35(2)58(75)66-40-22-36(32-80-51-28-45-43(26-49(51)78-3)59(76)68-41(30-62-45)24-38-11-5-7-13-47(38)68)21-37(23-40)33-81-52-29-46-44(27-50(52)79-4)60(77)69-42(31-63-46)25-39-12-6-8-14-48(39)69/h5-8,11-14,17-18,21-23,26-29,34-35,41-42,62-63H,9-10,15-16,19-20,24-25,30-33H2,1-4H3,(H,61,70)(H,64,71)(H,65,74)(H,66,75)/t34?,35?,41-,42-/m0/s1. The summed E-state index contributed by atoms with van der Waals surface area (Å²) in [5, 5.41) is 17.8. The zero-order valence-corrected chi connectivity index (χ0v) is 45.4. The van der Waals surface area contributed by atoms with E-state index < -0.39 is 41.6 Å². The first-order valence-corrected chi connectivity index (χ1v) is 27.0. The minimum atomic E-state index is -1.06. The van der Waals surface area contributed by atoms with Crippen molar-refractivity contribution in [1.29, 1.82) is 0 Å². The Balaban J connectivity index is 0.802. The van der Waals surface area contributed by atoms with Crippen molar-refractivity contribution >= 4 is 75.7 Å². The van der Waals surface area contributed by atoms with Crippen molar-refractivity contribution in [2.45, 2.75) is 89.8 Å². The van der Waals surface area contributed by atoms with E-state index >= 15 is 0 Å². The van der Waals surface area contributed by atoms with Crippen LogP contribution in [-0.2, 0) is 54.8 Å². The number of nitrogens with one attached hydrogen (secondary N) is 6. The molecule has 5 aliphatic rings. The molecule has 0 radical (unpaired) electrons. The lowest BCUT2D eigenvalue weighted by Gasteiger charge is -2.23. The number of methoxy groups -OCH3 is 2. The van der Waals surface area contributed by atoms with Crippen molar-refractivity contribution in [2.24, 2.45) is 0 Å². The zero-order chi connectivity index (χ0) is 56.9. The molecule has 21 nitrogen and oxygen atoms in total. The molecule has 420 valence electrons. The van der Waals surface area contributed by atoms with E-state index in [0.717, 1.165) is 40.2 Å². The summed E-state index contributed by atoms with van der Waals surface area (Å²) in [6.45, 7) is 4.18. The lowest BCUT2D eigenvalue weighted by atomic mass is 10.1. The number of anilines is 5. The molecule has 2 unspecified atom stereocenters. The summed E-state index contributed by atoms with van der Waals surface area (Å²) in [5.74, 6) is -1.59. The number of benzene rings is 5. The number of hydrogen-bond acceptors (Lipinski definition) is 14. The molecule has 5 aromatic carbocycles. The Hall–Kier alpha value is -9.40. The second-order valence-electron chi connectivity index (χ2n) is 20.5. The number of imide groups is 1. The maximum atomic E-state index is 14.1. The Morgan fingerprint density at radius 1 is 0.605 bits per heavy atom. The van der Waals surface area contributed by atoms with Crippen LogP contribution in [0.2, 0.25) is 0 Å². The number of carbonyl (C=O) groups excluding carboxylic acids is 8. The summed E-state index contributed by atoms with van der Waals surface area (Å²) in [5.41, 5.74) is 7.67. The van der Waals surface area contributed by atoms with E-state index in [1.807, 2.05) is 64.4 Å². The molecule has 0 bridgehead atoms. The first kappa shape index (κ1) is 54.9. The molecular formula is C60H63N9O12. The van der Waals surface area contributed by atoms with E-state index in [2.05, 4.69) is 31.9 Å². The van der Waals surface area contributed by atoms with E-state index in [1.54, 1.807) is 36.4 Å². The van der Waals surface area contributed by atoms with Crippen LogP contribution in [0.4, 0.5) is 28.4 Å². The van der Waals surface area contributed by atoms with E-state index in [-0.39, 0.29) is 69.0 Å². The number of amides is 8. The Bertz CT molecular complexity index is 3210. The number of hydrogen-bond donors (Lipinski definition) is 6. The van der Waals surface area contributed by atoms with Crippen molar-refractivity contribution in [3.63, 3.8) is 0 Å². The van der Waals surface area contributed by atoms with Gasteiger partial charge in [-0.25, -0.2) is 0 Å². The molecule has 5 heterocycles. The molecule has 5 aliphatic heterocycles. The number of rotatable bonds is 21. The fourth-order valence-electron chi connectivity index (χ4n) is 10.8. The fraction of sp³-hybridized carbons (Fsp3) is 0.333. The minimum absolute atomic E-state index is 0.0169. The van der Waals surface area contributed by atoms with E-state index in [9.17, 15) is 38.4 Å². The molecule has 0 saturated heterocycles. The molecule has 8 amide bonds. The van der Waals surface area contributed by atoms with Crippen LogP contribution in [0.15, 0.2) is 103 Å². The zero-order valence-electron chi connectivity index (χ0n) is 45.4. The lowest BCUT2D eigenvalue weighted by Crippen LogP contribution is -2.50. The number of para-hydroxylation sites is 2. The van der Waals surface area contributed by atoms with Gasteiger partial charge in [-0.05, 0) is 104 Å². The Morgan fingerprint density at radius 2 is 1.10 bits per heavy atom. The van der Waals surface area contributed by atoms with Crippen molar-refractivity contribution in [3.05, 3.63) is 137 Å². The average molecular weight is 1100 g/mol. The average Bonchev–Trinajstić information content (AvgIpc) is 4.22. The number of nitrogens with zero attached hydrogens (tertiary/aromatic N) is 3. The van der Waals surface area contributed by atoms with Gasteiger partial charge in [0.15, 0.2) is 23.0 Å². The topological polar surface area (TPSA) is 255 Å². The number of unbranched alkanes of at least 4 members (excludes halogenated alkanes) is 1. The van der Waals surface area contributed by atoms with Gasteiger partial charge in [-0.1, -0.05) is 36.4 Å². The summed E-state index contributed by atoms with van der Waals surface area (Å²) in [4.78, 5) is 109. The van der Waals surface area contributed by atoms with Gasteiger partial charge < -0.3 is 60.6 Å². The number of ether oxygens (including phenoxy) is 4. The molecule has 0 aliphatic carbocycles. The van der Waals surface area contributed by atoms with Crippen LogP contribution in [-0.4, -0.2) is 117 Å². The molecule has 10 rings (SSSR count). The molecule has 0 aromatic heterocycles. The third kappa shape index (κ3) is 12.0. The molecule has 0 fully saturated rings. The van der Waals surface area contributed by atoms with Gasteiger partial charge in [0.2, 0.25) is 23.6 Å². The Morgan fingerprint density at radius 3 is 1.62 bits per heavy atom. The van der Waals surface area contributed by atoms with E-state index in [4.69, 9.17) is 18.9 Å². The maximum absolute atomic E-state index is 14.1. The summed E-state index contributed by atoms with van der Waals surface area (Å²) < 4.78 is 24.5. The predicted octanol–water partition coefficient (Wildman–Crippen LogP) is 5.41. The smallest absolute Gasteiger partial charge is 0.260 e. The van der Waals surface area contributed by atoms with Crippen LogP contribution >= 0.6 is 0 Å². The quantitative estimate of drug-likeness (QED) is 0.0397. The van der Waals surface area contributed by atoms with Gasteiger partial charge in [0.25, 0.3) is 23.6 Å². The highest BCUT2D eigenvalue weighted by molar-refractivity contribution is 6.14. The highest BCUT2D eigenvalue weighted by Crippen LogP contribution is 2.43. The molecule has 81 heavy (non-hydrogen) atoms. The van der Waals surface area contributed by atoms with Crippen molar-refractivity contribution in [2.75, 3.05) is 66.1 Å². The van der Waals surface area contributed by atoms with Gasteiger partial charge in [-0.2, -0.15) is 0 Å². The third-order valence-electron chi connectivity index (χ3n) is 15.0. The van der Waals surface area contributed by atoms with Crippen LogP contribution < -0.4 is 60.6 Å². The fourth-order valence-corrected chi connectivity index (χ4v) is 10.8. The summed E-state index contributed by atoms with van der Waals surface area (Å²) in [6, 6.07) is 25.8. The molecule has 0 spiro atoms. The second kappa shape index (κ2) is 23.9. The number of carbonyl (C=O) groups is 8. The molecule has 5 aromatic rings. The van der Waals surface area contributed by atoms with Gasteiger partial charge >= 0.3 is 0 Å². The molecular weight excluding hydrogens is 1040 g/mol. The van der Waals surface area contributed by atoms with Crippen molar-refractivity contribution in [3.8, 4) is 23.0 Å². The molecule has 4 atom stereocenters. The van der Waals surface area contributed by atoms with Gasteiger partial charge in [0, 0.05) is 80.4 Å². The van der Waals surface area contributed by atoms with Crippen LogP contribution in [0.3, 0.4) is 0 Å². The monoisotopic (exact) mass is 1100 g/mol. The van der Waals surface area contributed by atoms with Gasteiger partial charge in [0.05, 0.1) is 48.8 Å². The molecule has 0 saturated carbocycles. The van der Waals surface area contributed by atoms with E-state index in [1.165, 1.54) is 40.2 Å². The molecule has 6 N–H and O–H groups in total. The van der Waals surface area contributed by atoms with Crippen LogP contribution in [0, 0.1) is 0 Å². The summed E-state index contributed by atoms with van der Waals surface area (Å²) in [7, 11) is 3.01. The molecule has 21 heteroatoms. The predicted molar refractivity (Wildman–Crippen MR) is 301 cm³/mol. The summed E-state index contributed by atoms with van der Waals surface area (Å²) in [6.07, 6.45) is 4.71. The SMILES string of the molecule is COc1cc2c(cc1OCc1cc(COc3cc4c(cc3OC)C(=O)N3c5ccccc5C[C@H]3CN4)cc(NC(=O)C(C)NC(=O)C(C)NC(=O)CCCCC(=O)NCCN3C(=O)C=CC3=O)c1)NC[C@@H]1Cc3ccccc3N1C2=O. The highest BCUT2D eigenvalue weighted by Gasteiger charge is 2.39. The van der Waals surface area contributed by atoms with Crippen LogP contribution in [0.1, 0.15) is 82.5 Å². The van der Waals surface area contributed by atoms with Gasteiger partial charge in [0.1, 0.15) is 25.3 Å². The van der Waals surface area contributed by atoms with Gasteiger partial charge in [-0.3, -0.25) is 43.3 Å². The van der Waals surface area contributed by atoms with E-state index in [0.29, 0.717) is 88.2 Å². The third-order valence-corrected chi connectivity index (χ3v) is 15.0. The van der Waals surface area contributed by atoms with Gasteiger partial charge in [-0.15, -0.1) is 0 Å². The van der Waals surface area contributed by atoms with Crippen molar-refractivity contribution < 1.29 is 57.3 Å². The second-order valence-corrected chi connectivity index (χ2v) is 20.5. The number of fused-ring (bicyclic) bond motifs is 8. The normalized spacial score (nSPS) is 17.1. The largest absolute Gasteiger partial charge is 0.493 e. The Kier molecular flexibility index (Phi) is 16.2. The maximum Gasteiger partial charge on any atom is 0.260 e. The van der Waals surface area contributed by atoms with Crippen LogP contribution in [0.5, 0.6) is 23.0 Å². The first-order chi connectivity index (χ1) is 39.2. The van der Waals surface area contributed by atoms with Crippen LogP contribution in [0.25, 0.3) is 0 Å². The first-order valence-electron chi connectivity index (χ1n) is 27.0. The minimum Gasteiger partial charge on any atom is -0.493 e. The van der Waals surface area contributed by atoms with Crippen molar-refractivity contribution in [1.82, 2.24) is 20.9 Å². The Labute approximate surface area is 467 Å². The lowest BCUT2D eigenvalue weighted by molar-refractivity contribution is -0.137. The highest BCUT2D eigenvalue weighted by atomic mass is 16.5. The summed E-state index contributed by atoms with van der Waals surface area (Å²) >= 11 is 0.